The van der Waals surface area contributed by atoms with Gasteiger partial charge in [-0.25, -0.2) is 0 Å². The lowest BCUT2D eigenvalue weighted by molar-refractivity contribution is 0.154. The summed E-state index contributed by atoms with van der Waals surface area (Å²) >= 11 is 0. The Balaban J connectivity index is 2.19. The quantitative estimate of drug-likeness (QED) is 0.624. The summed E-state index contributed by atoms with van der Waals surface area (Å²) in [5.41, 5.74) is 6.57. The van der Waals surface area contributed by atoms with E-state index in [0.29, 0.717) is 5.75 Å². The van der Waals surface area contributed by atoms with Crippen molar-refractivity contribution in [3.05, 3.63) is 70.8 Å². The maximum atomic E-state index is 9.72. The average Bonchev–Trinajstić information content (AvgIpc) is 2.55. The number of hydrogen-bond acceptors (Lipinski definition) is 1. The van der Waals surface area contributed by atoms with Crippen LogP contribution >= 0.6 is 0 Å². The van der Waals surface area contributed by atoms with Gasteiger partial charge in [-0.3, -0.25) is 0 Å². The zero-order valence-corrected chi connectivity index (χ0v) is 16.3. The van der Waals surface area contributed by atoms with Crippen LogP contribution in [0.15, 0.2) is 54.1 Å². The number of rotatable bonds is 2. The molecule has 1 N–H and O–H groups in total. The van der Waals surface area contributed by atoms with Crippen molar-refractivity contribution in [2.24, 2.45) is 10.8 Å². The average molecular weight is 344 g/mol. The molecule has 1 aliphatic carbocycles. The van der Waals surface area contributed by atoms with Crippen molar-refractivity contribution in [1.82, 2.24) is 0 Å². The summed E-state index contributed by atoms with van der Waals surface area (Å²) in [5, 5.41) is 9.72. The number of terminal acetylenes is 1. The normalized spacial score (nSPS) is 18.2. The zero-order valence-electron chi connectivity index (χ0n) is 16.3. The van der Waals surface area contributed by atoms with Crippen molar-refractivity contribution >= 4 is 5.57 Å². The summed E-state index contributed by atoms with van der Waals surface area (Å²) in [5.74, 6) is 2.99. The van der Waals surface area contributed by atoms with E-state index in [9.17, 15) is 5.11 Å². The van der Waals surface area contributed by atoms with Crippen molar-refractivity contribution in [3.63, 3.8) is 0 Å². The van der Waals surface area contributed by atoms with Crippen LogP contribution in [-0.4, -0.2) is 5.11 Å². The molecular formula is C25H28O. The van der Waals surface area contributed by atoms with Gasteiger partial charge in [-0.1, -0.05) is 63.5 Å². The molecule has 26 heavy (non-hydrogen) atoms. The monoisotopic (exact) mass is 344 g/mol. The fourth-order valence-corrected chi connectivity index (χ4v) is 4.75. The molecule has 134 valence electrons. The number of phenols is 1. The highest BCUT2D eigenvalue weighted by molar-refractivity contribution is 5.82. The van der Waals surface area contributed by atoms with Crippen LogP contribution in [0.3, 0.4) is 0 Å². The van der Waals surface area contributed by atoms with Crippen LogP contribution < -0.4 is 0 Å². The van der Waals surface area contributed by atoms with Crippen LogP contribution in [0, 0.1) is 23.2 Å². The fraction of sp³-hybridized carbons (Fsp3) is 0.360. The van der Waals surface area contributed by atoms with E-state index in [1.54, 1.807) is 12.1 Å². The van der Waals surface area contributed by atoms with E-state index >= 15 is 0 Å². The minimum absolute atomic E-state index is 0.276. The minimum Gasteiger partial charge on any atom is -0.508 e. The molecule has 1 aliphatic rings. The molecule has 3 rings (SSSR count). The Hall–Kier alpha value is -2.46. The molecule has 0 aliphatic heterocycles. The van der Waals surface area contributed by atoms with Crippen LogP contribution in [-0.2, 0) is 0 Å². The number of hydrogen-bond donors (Lipinski definition) is 1. The van der Waals surface area contributed by atoms with Crippen molar-refractivity contribution in [2.45, 2.75) is 47.0 Å². The van der Waals surface area contributed by atoms with Crippen molar-refractivity contribution in [2.75, 3.05) is 0 Å². The number of phenolic OH excluding ortho intramolecular Hbond substituents is 1. The Kier molecular flexibility index (Phi) is 4.72. The Morgan fingerprint density at radius 2 is 1.31 bits per heavy atom. The molecule has 2 aromatic rings. The van der Waals surface area contributed by atoms with E-state index < -0.39 is 0 Å². The maximum absolute atomic E-state index is 9.72. The lowest BCUT2D eigenvalue weighted by atomic mass is 9.62. The first-order valence-corrected chi connectivity index (χ1v) is 9.28. The first-order valence-electron chi connectivity index (χ1n) is 9.28. The molecule has 0 amide bonds. The van der Waals surface area contributed by atoms with Gasteiger partial charge >= 0.3 is 0 Å². The third-order valence-corrected chi connectivity index (χ3v) is 5.19. The van der Waals surface area contributed by atoms with Crippen LogP contribution in [0.2, 0.25) is 0 Å². The molecule has 0 saturated heterocycles. The summed E-state index contributed by atoms with van der Waals surface area (Å²) in [7, 11) is 0. The molecule has 1 saturated carbocycles. The first kappa shape index (κ1) is 18.3. The van der Waals surface area contributed by atoms with Gasteiger partial charge in [0.25, 0.3) is 0 Å². The summed E-state index contributed by atoms with van der Waals surface area (Å²) in [6.45, 7) is 9.46. The van der Waals surface area contributed by atoms with Crippen LogP contribution in [0.4, 0.5) is 0 Å². The molecule has 0 unspecified atom stereocenters. The summed E-state index contributed by atoms with van der Waals surface area (Å²) in [6.07, 6.45) is 8.93. The highest BCUT2D eigenvalue weighted by Gasteiger charge is 2.37. The van der Waals surface area contributed by atoms with Gasteiger partial charge in [-0.05, 0) is 71.1 Å². The molecule has 2 aromatic carbocycles. The molecule has 0 heterocycles. The van der Waals surface area contributed by atoms with E-state index in [4.69, 9.17) is 6.42 Å². The predicted molar refractivity (Wildman–Crippen MR) is 110 cm³/mol. The van der Waals surface area contributed by atoms with Crippen LogP contribution in [0.5, 0.6) is 5.75 Å². The second-order valence-corrected chi connectivity index (χ2v) is 9.11. The maximum Gasteiger partial charge on any atom is 0.115 e. The van der Waals surface area contributed by atoms with Crippen molar-refractivity contribution in [1.29, 1.82) is 0 Å². The molecule has 1 fully saturated rings. The van der Waals surface area contributed by atoms with Crippen LogP contribution in [0.1, 0.15) is 63.6 Å². The molecular weight excluding hydrogens is 316 g/mol. The highest BCUT2D eigenvalue weighted by Crippen LogP contribution is 2.50. The Bertz CT molecular complexity index is 838. The molecule has 1 heteroatoms. The fourth-order valence-electron chi connectivity index (χ4n) is 4.75. The molecule has 0 atom stereocenters. The zero-order chi connectivity index (χ0) is 18.9. The summed E-state index contributed by atoms with van der Waals surface area (Å²) < 4.78 is 0. The van der Waals surface area contributed by atoms with Gasteiger partial charge < -0.3 is 5.11 Å². The Morgan fingerprint density at radius 1 is 0.846 bits per heavy atom. The second kappa shape index (κ2) is 6.69. The molecule has 0 aromatic heterocycles. The lowest BCUT2D eigenvalue weighted by Gasteiger charge is -2.43. The Labute approximate surface area is 157 Å². The number of allylic oxidation sites excluding steroid dienone is 1. The van der Waals surface area contributed by atoms with Gasteiger partial charge in [0.15, 0.2) is 0 Å². The number of aromatic hydroxyl groups is 1. The van der Waals surface area contributed by atoms with E-state index in [1.165, 1.54) is 23.1 Å². The van der Waals surface area contributed by atoms with E-state index in [-0.39, 0.29) is 10.8 Å². The summed E-state index contributed by atoms with van der Waals surface area (Å²) in [6, 6.07) is 15.8. The largest absolute Gasteiger partial charge is 0.508 e. The van der Waals surface area contributed by atoms with E-state index in [1.807, 2.05) is 24.3 Å². The van der Waals surface area contributed by atoms with Gasteiger partial charge in [0, 0.05) is 5.56 Å². The third kappa shape index (κ3) is 4.02. The van der Waals surface area contributed by atoms with Gasteiger partial charge in [-0.2, -0.15) is 0 Å². The summed E-state index contributed by atoms with van der Waals surface area (Å²) in [4.78, 5) is 0. The molecule has 0 spiro atoms. The minimum atomic E-state index is 0.276. The van der Waals surface area contributed by atoms with Gasteiger partial charge in [0.1, 0.15) is 5.75 Å². The molecule has 0 bridgehead atoms. The SMILES string of the molecule is C#Cc1ccc(C(=C2CC(C)(C)CC(C)(C)C2)c2ccc(O)cc2)cc1. The first-order chi connectivity index (χ1) is 12.2. The Morgan fingerprint density at radius 3 is 1.77 bits per heavy atom. The van der Waals surface area contributed by atoms with Gasteiger partial charge in [0.2, 0.25) is 0 Å². The lowest BCUT2D eigenvalue weighted by Crippen LogP contribution is -2.30. The second-order valence-electron chi connectivity index (χ2n) is 9.11. The third-order valence-electron chi connectivity index (χ3n) is 5.19. The smallest absolute Gasteiger partial charge is 0.115 e. The van der Waals surface area contributed by atoms with E-state index in [0.717, 1.165) is 24.0 Å². The number of benzene rings is 2. The van der Waals surface area contributed by atoms with Gasteiger partial charge in [-0.15, -0.1) is 6.42 Å². The molecule has 1 nitrogen and oxygen atoms in total. The topological polar surface area (TPSA) is 20.2 Å². The molecule has 0 radical (unpaired) electrons. The predicted octanol–water partition coefficient (Wildman–Crippen LogP) is 6.41. The van der Waals surface area contributed by atoms with Crippen molar-refractivity contribution < 1.29 is 5.11 Å². The van der Waals surface area contributed by atoms with Crippen LogP contribution in [0.25, 0.3) is 5.57 Å². The van der Waals surface area contributed by atoms with E-state index in [2.05, 4.69) is 45.7 Å². The highest BCUT2D eigenvalue weighted by atomic mass is 16.3. The van der Waals surface area contributed by atoms with Crippen molar-refractivity contribution in [3.8, 4) is 18.1 Å². The standard InChI is InChI=1S/C25H28O/c1-6-18-7-9-19(10-8-18)23(20-11-13-22(26)14-12-20)21-15-24(2,3)17-25(4,5)16-21/h1,7-14,26H,15-17H2,2-5H3. The van der Waals surface area contributed by atoms with Gasteiger partial charge in [0.05, 0.1) is 0 Å².